The number of nitrogens with zero attached hydrogens (tertiary/aromatic N) is 2. The molecule has 0 spiro atoms. The highest BCUT2D eigenvalue weighted by atomic mass is 16.5. The molecule has 1 aromatic carbocycles. The Morgan fingerprint density at radius 1 is 1.43 bits per heavy atom. The number of anilines is 2. The van der Waals surface area contributed by atoms with Crippen LogP contribution < -0.4 is 11.1 Å². The van der Waals surface area contributed by atoms with E-state index in [1.165, 1.54) is 0 Å². The van der Waals surface area contributed by atoms with Crippen molar-refractivity contribution in [1.29, 1.82) is 0 Å². The zero-order valence-corrected chi connectivity index (χ0v) is 12.4. The van der Waals surface area contributed by atoms with Crippen LogP contribution in [0.3, 0.4) is 0 Å². The van der Waals surface area contributed by atoms with Crippen molar-refractivity contribution >= 4 is 22.3 Å². The summed E-state index contributed by atoms with van der Waals surface area (Å²) in [7, 11) is 0. The van der Waals surface area contributed by atoms with E-state index in [0.29, 0.717) is 0 Å². The van der Waals surface area contributed by atoms with Crippen LogP contribution in [0, 0.1) is 0 Å². The zero-order chi connectivity index (χ0) is 14.7. The molecule has 0 radical (unpaired) electrons. The second-order valence-corrected chi connectivity index (χ2v) is 5.40. The summed E-state index contributed by atoms with van der Waals surface area (Å²) in [5.41, 5.74) is 8.54. The van der Waals surface area contributed by atoms with Crippen molar-refractivity contribution in [3.8, 4) is 0 Å². The quantitative estimate of drug-likeness (QED) is 0.841. The molecule has 1 unspecified atom stereocenters. The molecule has 0 amide bonds. The Balaban J connectivity index is 1.70. The van der Waals surface area contributed by atoms with Gasteiger partial charge in [0.15, 0.2) is 0 Å². The third kappa shape index (κ3) is 3.25. The summed E-state index contributed by atoms with van der Waals surface area (Å²) in [6, 6.07) is 7.82. The number of hydrogen-bond donors (Lipinski definition) is 2. The van der Waals surface area contributed by atoms with Gasteiger partial charge in [-0.05, 0) is 30.8 Å². The third-order valence-electron chi connectivity index (χ3n) is 3.96. The Labute approximate surface area is 125 Å². The molecule has 21 heavy (non-hydrogen) atoms. The summed E-state index contributed by atoms with van der Waals surface area (Å²) in [5.74, 6) is 0. The largest absolute Gasteiger partial charge is 0.399 e. The van der Waals surface area contributed by atoms with Crippen LogP contribution in [0.25, 0.3) is 10.9 Å². The molecule has 1 aliphatic rings. The molecule has 5 heteroatoms. The van der Waals surface area contributed by atoms with E-state index in [9.17, 15) is 0 Å². The minimum atomic E-state index is 0.232. The summed E-state index contributed by atoms with van der Waals surface area (Å²) in [6.45, 7) is 6.91. The lowest BCUT2D eigenvalue weighted by Gasteiger charge is -2.32. The Kier molecular flexibility index (Phi) is 4.22. The molecule has 1 fully saturated rings. The number of fused-ring (bicyclic) bond motifs is 1. The average molecular weight is 286 g/mol. The van der Waals surface area contributed by atoms with E-state index < -0.39 is 0 Å². The van der Waals surface area contributed by atoms with Crippen LogP contribution in [-0.4, -0.2) is 48.8 Å². The molecule has 5 nitrogen and oxygen atoms in total. The van der Waals surface area contributed by atoms with Gasteiger partial charge in [0.2, 0.25) is 0 Å². The second kappa shape index (κ2) is 6.28. The molecular formula is C16H22N4O. The van der Waals surface area contributed by atoms with Crippen molar-refractivity contribution in [2.45, 2.75) is 13.0 Å². The van der Waals surface area contributed by atoms with E-state index in [4.69, 9.17) is 10.5 Å². The Morgan fingerprint density at radius 2 is 2.33 bits per heavy atom. The van der Waals surface area contributed by atoms with Gasteiger partial charge in [0, 0.05) is 42.6 Å². The first-order chi connectivity index (χ1) is 10.3. The SMILES string of the molecule is CCN1CCOC(CNc2ccnc3cc(N)ccc23)C1. The molecular weight excluding hydrogens is 264 g/mol. The van der Waals surface area contributed by atoms with Gasteiger partial charge in [-0.25, -0.2) is 0 Å². The summed E-state index contributed by atoms with van der Waals surface area (Å²) >= 11 is 0. The topological polar surface area (TPSA) is 63.4 Å². The molecule has 3 rings (SSSR count). The van der Waals surface area contributed by atoms with Crippen molar-refractivity contribution < 1.29 is 4.74 Å². The predicted molar refractivity (Wildman–Crippen MR) is 86.5 cm³/mol. The molecule has 0 aliphatic carbocycles. The third-order valence-corrected chi connectivity index (χ3v) is 3.96. The van der Waals surface area contributed by atoms with Crippen LogP contribution in [0.5, 0.6) is 0 Å². The first-order valence-corrected chi connectivity index (χ1v) is 7.48. The van der Waals surface area contributed by atoms with Gasteiger partial charge in [-0.3, -0.25) is 9.88 Å². The van der Waals surface area contributed by atoms with Crippen molar-refractivity contribution in [2.75, 3.05) is 43.8 Å². The number of rotatable bonds is 4. The van der Waals surface area contributed by atoms with Gasteiger partial charge < -0.3 is 15.8 Å². The number of pyridine rings is 1. The van der Waals surface area contributed by atoms with E-state index in [0.717, 1.165) is 55.1 Å². The fraction of sp³-hybridized carbons (Fsp3) is 0.438. The minimum absolute atomic E-state index is 0.232. The van der Waals surface area contributed by atoms with Crippen LogP contribution in [0.4, 0.5) is 11.4 Å². The molecule has 0 saturated carbocycles. The number of nitrogens with one attached hydrogen (secondary N) is 1. The standard InChI is InChI=1S/C16H22N4O/c1-2-20-7-8-21-13(11-20)10-19-15-5-6-18-16-9-12(17)3-4-14(15)16/h3-6,9,13H,2,7-8,10-11,17H2,1H3,(H,18,19). The van der Waals surface area contributed by atoms with Crippen molar-refractivity contribution in [3.63, 3.8) is 0 Å². The van der Waals surface area contributed by atoms with E-state index in [1.807, 2.05) is 30.5 Å². The number of morpholine rings is 1. The minimum Gasteiger partial charge on any atom is -0.399 e. The van der Waals surface area contributed by atoms with Crippen LogP contribution in [0.1, 0.15) is 6.92 Å². The van der Waals surface area contributed by atoms with E-state index in [-0.39, 0.29) is 6.10 Å². The summed E-state index contributed by atoms with van der Waals surface area (Å²) in [4.78, 5) is 6.78. The van der Waals surface area contributed by atoms with Gasteiger partial charge >= 0.3 is 0 Å². The average Bonchev–Trinajstić information content (AvgIpc) is 2.52. The number of ether oxygens (including phenoxy) is 1. The molecule has 1 atom stereocenters. The number of benzene rings is 1. The van der Waals surface area contributed by atoms with Gasteiger partial charge in [-0.15, -0.1) is 0 Å². The molecule has 112 valence electrons. The molecule has 1 aromatic heterocycles. The predicted octanol–water partition coefficient (Wildman–Crippen LogP) is 1.95. The fourth-order valence-corrected chi connectivity index (χ4v) is 2.73. The smallest absolute Gasteiger partial charge is 0.0874 e. The number of nitrogen functional groups attached to an aromatic ring is 1. The summed E-state index contributed by atoms with van der Waals surface area (Å²) in [6.07, 6.45) is 2.04. The van der Waals surface area contributed by atoms with Crippen molar-refractivity contribution in [1.82, 2.24) is 9.88 Å². The maximum Gasteiger partial charge on any atom is 0.0874 e. The fourth-order valence-electron chi connectivity index (χ4n) is 2.73. The van der Waals surface area contributed by atoms with Gasteiger partial charge in [-0.2, -0.15) is 0 Å². The Morgan fingerprint density at radius 3 is 3.19 bits per heavy atom. The highest BCUT2D eigenvalue weighted by Gasteiger charge is 2.19. The second-order valence-electron chi connectivity index (χ2n) is 5.40. The number of aromatic nitrogens is 1. The van der Waals surface area contributed by atoms with Crippen LogP contribution in [-0.2, 0) is 4.74 Å². The van der Waals surface area contributed by atoms with Crippen molar-refractivity contribution in [3.05, 3.63) is 30.5 Å². The van der Waals surface area contributed by atoms with Gasteiger partial charge in [0.05, 0.1) is 18.2 Å². The molecule has 2 heterocycles. The number of likely N-dealkylation sites (N-methyl/N-ethyl adjacent to an activating group) is 1. The highest BCUT2D eigenvalue weighted by molar-refractivity contribution is 5.92. The monoisotopic (exact) mass is 286 g/mol. The molecule has 0 bridgehead atoms. The van der Waals surface area contributed by atoms with Crippen LogP contribution in [0.15, 0.2) is 30.5 Å². The van der Waals surface area contributed by atoms with Crippen LogP contribution >= 0.6 is 0 Å². The lowest BCUT2D eigenvalue weighted by atomic mass is 10.1. The van der Waals surface area contributed by atoms with Gasteiger partial charge in [0.25, 0.3) is 0 Å². The lowest BCUT2D eigenvalue weighted by Crippen LogP contribution is -2.45. The number of nitrogens with two attached hydrogens (primary N) is 1. The maximum atomic E-state index is 5.82. The molecule has 1 saturated heterocycles. The van der Waals surface area contributed by atoms with E-state index in [2.05, 4.69) is 22.1 Å². The summed E-state index contributed by atoms with van der Waals surface area (Å²) < 4.78 is 5.82. The normalized spacial score (nSPS) is 19.8. The Hall–Kier alpha value is -1.85. The molecule has 2 aromatic rings. The first-order valence-electron chi connectivity index (χ1n) is 7.48. The van der Waals surface area contributed by atoms with Gasteiger partial charge in [-0.1, -0.05) is 6.92 Å². The summed E-state index contributed by atoms with van der Waals surface area (Å²) in [5, 5.41) is 4.58. The van der Waals surface area contributed by atoms with E-state index in [1.54, 1.807) is 0 Å². The maximum absolute atomic E-state index is 5.82. The van der Waals surface area contributed by atoms with Crippen LogP contribution in [0.2, 0.25) is 0 Å². The number of hydrogen-bond acceptors (Lipinski definition) is 5. The van der Waals surface area contributed by atoms with E-state index >= 15 is 0 Å². The molecule has 3 N–H and O–H groups in total. The van der Waals surface area contributed by atoms with Gasteiger partial charge in [0.1, 0.15) is 0 Å². The lowest BCUT2D eigenvalue weighted by molar-refractivity contribution is -0.0191. The molecule has 1 aliphatic heterocycles. The zero-order valence-electron chi connectivity index (χ0n) is 12.4. The first kappa shape index (κ1) is 14.1. The highest BCUT2D eigenvalue weighted by Crippen LogP contribution is 2.23. The van der Waals surface area contributed by atoms with Crippen molar-refractivity contribution in [2.24, 2.45) is 0 Å². The Bertz CT molecular complexity index is 616.